The van der Waals surface area contributed by atoms with E-state index in [1.165, 1.54) is 0 Å². The topological polar surface area (TPSA) is 46.2 Å². The standard InChI is InChI=1S/C20H19NO2S/c1-16-7-13-20(14-8-16)24(22,23)21-15-17-9-11-19(12-10-17)18-5-3-2-4-6-18/h2-14,21H,15H2,1H3. The van der Waals surface area contributed by atoms with Gasteiger partial charge in [0.1, 0.15) is 0 Å². The lowest BCUT2D eigenvalue weighted by Gasteiger charge is -2.08. The van der Waals surface area contributed by atoms with E-state index in [0.717, 1.165) is 22.3 Å². The summed E-state index contributed by atoms with van der Waals surface area (Å²) in [4.78, 5) is 0.286. The van der Waals surface area contributed by atoms with Crippen LogP contribution in [0.3, 0.4) is 0 Å². The van der Waals surface area contributed by atoms with E-state index in [1.54, 1.807) is 24.3 Å². The zero-order chi connectivity index (χ0) is 17.0. The Bertz CT molecular complexity index is 900. The Kier molecular flexibility index (Phi) is 4.79. The zero-order valence-corrected chi connectivity index (χ0v) is 14.3. The van der Waals surface area contributed by atoms with E-state index in [9.17, 15) is 8.42 Å². The Morgan fingerprint density at radius 3 is 1.96 bits per heavy atom. The van der Waals surface area contributed by atoms with E-state index in [0.29, 0.717) is 0 Å². The molecule has 122 valence electrons. The summed E-state index contributed by atoms with van der Waals surface area (Å²) in [6.07, 6.45) is 0. The fourth-order valence-electron chi connectivity index (χ4n) is 2.42. The second-order valence-electron chi connectivity index (χ2n) is 5.70. The Morgan fingerprint density at radius 1 is 0.750 bits per heavy atom. The van der Waals surface area contributed by atoms with Gasteiger partial charge in [0.15, 0.2) is 0 Å². The average Bonchev–Trinajstić information content (AvgIpc) is 2.62. The van der Waals surface area contributed by atoms with Crippen molar-refractivity contribution in [2.45, 2.75) is 18.4 Å². The molecule has 0 atom stereocenters. The fraction of sp³-hybridized carbons (Fsp3) is 0.100. The van der Waals surface area contributed by atoms with Gasteiger partial charge in [0, 0.05) is 6.54 Å². The predicted molar refractivity (Wildman–Crippen MR) is 97.1 cm³/mol. The van der Waals surface area contributed by atoms with E-state index < -0.39 is 10.0 Å². The van der Waals surface area contributed by atoms with Gasteiger partial charge in [0.25, 0.3) is 0 Å². The third kappa shape index (κ3) is 3.91. The van der Waals surface area contributed by atoms with Crippen molar-refractivity contribution >= 4 is 10.0 Å². The molecule has 0 saturated carbocycles. The molecule has 0 saturated heterocycles. The quantitative estimate of drug-likeness (QED) is 0.760. The van der Waals surface area contributed by atoms with Crippen molar-refractivity contribution in [2.24, 2.45) is 0 Å². The SMILES string of the molecule is Cc1ccc(S(=O)(=O)NCc2ccc(-c3ccccc3)cc2)cc1. The molecule has 0 radical (unpaired) electrons. The van der Waals surface area contributed by atoms with E-state index in [2.05, 4.69) is 16.9 Å². The van der Waals surface area contributed by atoms with E-state index in [-0.39, 0.29) is 11.4 Å². The van der Waals surface area contributed by atoms with E-state index >= 15 is 0 Å². The molecule has 0 spiro atoms. The molecule has 3 aromatic carbocycles. The first-order valence-electron chi connectivity index (χ1n) is 7.75. The smallest absolute Gasteiger partial charge is 0.207 e. The van der Waals surface area contributed by atoms with Gasteiger partial charge >= 0.3 is 0 Å². The molecule has 24 heavy (non-hydrogen) atoms. The Labute approximate surface area is 143 Å². The molecule has 4 heteroatoms. The number of benzene rings is 3. The molecule has 3 aromatic rings. The van der Waals surface area contributed by atoms with Crippen molar-refractivity contribution in [1.29, 1.82) is 0 Å². The van der Waals surface area contributed by atoms with Crippen LogP contribution in [0.15, 0.2) is 83.8 Å². The molecule has 0 unspecified atom stereocenters. The lowest BCUT2D eigenvalue weighted by Crippen LogP contribution is -2.23. The lowest BCUT2D eigenvalue weighted by atomic mass is 10.0. The van der Waals surface area contributed by atoms with Crippen LogP contribution in [0.5, 0.6) is 0 Å². The minimum absolute atomic E-state index is 0.269. The zero-order valence-electron chi connectivity index (χ0n) is 13.4. The maximum absolute atomic E-state index is 12.3. The van der Waals surface area contributed by atoms with Gasteiger partial charge in [-0.2, -0.15) is 0 Å². The molecule has 0 bridgehead atoms. The van der Waals surface area contributed by atoms with Crippen LogP contribution in [-0.2, 0) is 16.6 Å². The van der Waals surface area contributed by atoms with Gasteiger partial charge in [-0.05, 0) is 35.7 Å². The first-order valence-corrected chi connectivity index (χ1v) is 9.24. The van der Waals surface area contributed by atoms with Gasteiger partial charge in [-0.3, -0.25) is 0 Å². The second kappa shape index (κ2) is 6.99. The van der Waals surface area contributed by atoms with Crippen LogP contribution < -0.4 is 4.72 Å². The summed E-state index contributed by atoms with van der Waals surface area (Å²) in [5.74, 6) is 0. The Morgan fingerprint density at radius 2 is 1.33 bits per heavy atom. The third-order valence-corrected chi connectivity index (χ3v) is 5.28. The molecular weight excluding hydrogens is 318 g/mol. The average molecular weight is 337 g/mol. The van der Waals surface area contributed by atoms with E-state index in [4.69, 9.17) is 0 Å². The number of sulfonamides is 1. The summed E-state index contributed by atoms with van der Waals surface area (Å²) in [6, 6.07) is 24.8. The first-order chi connectivity index (χ1) is 11.5. The number of aryl methyl sites for hydroxylation is 1. The summed E-state index contributed by atoms with van der Waals surface area (Å²) >= 11 is 0. The van der Waals surface area contributed by atoms with Gasteiger partial charge in [-0.1, -0.05) is 72.3 Å². The van der Waals surface area contributed by atoms with Crippen LogP contribution in [0.1, 0.15) is 11.1 Å². The molecular formula is C20H19NO2S. The van der Waals surface area contributed by atoms with Gasteiger partial charge in [0.2, 0.25) is 10.0 Å². The fourth-order valence-corrected chi connectivity index (χ4v) is 3.44. The third-order valence-electron chi connectivity index (χ3n) is 3.86. The number of nitrogens with one attached hydrogen (secondary N) is 1. The van der Waals surface area contributed by atoms with Gasteiger partial charge in [-0.15, -0.1) is 0 Å². The Balaban J connectivity index is 1.69. The van der Waals surface area contributed by atoms with Crippen molar-refractivity contribution in [2.75, 3.05) is 0 Å². The highest BCUT2D eigenvalue weighted by atomic mass is 32.2. The van der Waals surface area contributed by atoms with Crippen LogP contribution >= 0.6 is 0 Å². The van der Waals surface area contributed by atoms with Gasteiger partial charge < -0.3 is 0 Å². The first kappa shape index (κ1) is 16.4. The highest BCUT2D eigenvalue weighted by Crippen LogP contribution is 2.19. The second-order valence-corrected chi connectivity index (χ2v) is 7.47. The summed E-state index contributed by atoms with van der Waals surface area (Å²) in [5.41, 5.74) is 4.21. The van der Waals surface area contributed by atoms with Crippen LogP contribution in [0.4, 0.5) is 0 Å². The molecule has 0 amide bonds. The van der Waals surface area contributed by atoms with Crippen molar-refractivity contribution in [3.8, 4) is 11.1 Å². The summed E-state index contributed by atoms with van der Waals surface area (Å²) in [5, 5.41) is 0. The van der Waals surface area contributed by atoms with Gasteiger partial charge in [-0.25, -0.2) is 13.1 Å². The number of hydrogen-bond acceptors (Lipinski definition) is 2. The van der Waals surface area contributed by atoms with Crippen LogP contribution in [-0.4, -0.2) is 8.42 Å². The van der Waals surface area contributed by atoms with Gasteiger partial charge in [0.05, 0.1) is 4.90 Å². The Hall–Kier alpha value is -2.43. The lowest BCUT2D eigenvalue weighted by molar-refractivity contribution is 0.581. The van der Waals surface area contributed by atoms with Crippen molar-refractivity contribution in [1.82, 2.24) is 4.72 Å². The molecule has 0 aliphatic carbocycles. The molecule has 0 aromatic heterocycles. The maximum atomic E-state index is 12.3. The molecule has 0 aliphatic rings. The molecule has 1 N–H and O–H groups in total. The summed E-state index contributed by atoms with van der Waals surface area (Å²) in [6.45, 7) is 2.20. The largest absolute Gasteiger partial charge is 0.240 e. The van der Waals surface area contributed by atoms with Crippen LogP contribution in [0.2, 0.25) is 0 Å². The molecule has 0 aliphatic heterocycles. The van der Waals surface area contributed by atoms with Crippen LogP contribution in [0, 0.1) is 6.92 Å². The minimum Gasteiger partial charge on any atom is -0.207 e. The van der Waals surface area contributed by atoms with Crippen molar-refractivity contribution < 1.29 is 8.42 Å². The van der Waals surface area contributed by atoms with Crippen molar-refractivity contribution in [3.05, 3.63) is 90.0 Å². The number of hydrogen-bond donors (Lipinski definition) is 1. The highest BCUT2D eigenvalue weighted by molar-refractivity contribution is 7.89. The minimum atomic E-state index is -3.49. The molecule has 3 nitrogen and oxygen atoms in total. The normalized spacial score (nSPS) is 11.4. The maximum Gasteiger partial charge on any atom is 0.240 e. The summed E-state index contributed by atoms with van der Waals surface area (Å²) in [7, 11) is -3.49. The molecule has 0 fully saturated rings. The summed E-state index contributed by atoms with van der Waals surface area (Å²) < 4.78 is 27.2. The predicted octanol–water partition coefficient (Wildman–Crippen LogP) is 4.14. The monoisotopic (exact) mass is 337 g/mol. The number of rotatable bonds is 5. The molecule has 0 heterocycles. The van der Waals surface area contributed by atoms with E-state index in [1.807, 2.05) is 49.4 Å². The van der Waals surface area contributed by atoms with Crippen LogP contribution in [0.25, 0.3) is 11.1 Å². The van der Waals surface area contributed by atoms with Crippen molar-refractivity contribution in [3.63, 3.8) is 0 Å². The molecule has 3 rings (SSSR count). The highest BCUT2D eigenvalue weighted by Gasteiger charge is 2.13.